The summed E-state index contributed by atoms with van der Waals surface area (Å²) in [5.74, 6) is 0.205. The van der Waals surface area contributed by atoms with Crippen LogP contribution in [0.4, 0.5) is 4.39 Å². The van der Waals surface area contributed by atoms with E-state index in [1.807, 2.05) is 0 Å². The van der Waals surface area contributed by atoms with E-state index in [1.54, 1.807) is 19.1 Å². The zero-order valence-electron chi connectivity index (χ0n) is 12.9. The molecule has 1 aliphatic carbocycles. The molecule has 1 aliphatic rings. The fraction of sp³-hybridized carbons (Fsp3) is 0.444. The Kier molecular flexibility index (Phi) is 4.36. The molecule has 1 amide bonds. The van der Waals surface area contributed by atoms with Gasteiger partial charge in [-0.05, 0) is 43.9 Å². The molecule has 0 unspecified atom stereocenters. The third-order valence-corrected chi connectivity index (χ3v) is 4.49. The number of hydrogen-bond acceptors (Lipinski definition) is 2. The SMILES string of the molecule is Cc1nc2cc(F)ccc2cc1C(=O)NCC1CCCCC1. The molecule has 0 radical (unpaired) electrons. The predicted octanol–water partition coefficient (Wildman–Crippen LogP) is 3.99. The first-order valence-corrected chi connectivity index (χ1v) is 7.98. The normalized spacial score (nSPS) is 15.9. The Bertz CT molecular complexity index is 693. The summed E-state index contributed by atoms with van der Waals surface area (Å²) in [6.45, 7) is 2.53. The van der Waals surface area contributed by atoms with Crippen molar-refractivity contribution in [2.75, 3.05) is 6.54 Å². The monoisotopic (exact) mass is 300 g/mol. The number of hydrogen-bond donors (Lipinski definition) is 1. The average molecular weight is 300 g/mol. The minimum Gasteiger partial charge on any atom is -0.352 e. The number of aryl methyl sites for hydroxylation is 1. The minimum atomic E-state index is -0.311. The van der Waals surface area contributed by atoms with Crippen molar-refractivity contribution in [2.45, 2.75) is 39.0 Å². The molecule has 22 heavy (non-hydrogen) atoms. The summed E-state index contributed by atoms with van der Waals surface area (Å²) in [5, 5.41) is 3.82. The number of fused-ring (bicyclic) bond motifs is 1. The third kappa shape index (κ3) is 3.26. The van der Waals surface area contributed by atoms with Gasteiger partial charge in [0.15, 0.2) is 0 Å². The van der Waals surface area contributed by atoms with Crippen LogP contribution in [0.5, 0.6) is 0 Å². The van der Waals surface area contributed by atoms with Crippen molar-refractivity contribution in [1.29, 1.82) is 0 Å². The molecule has 0 aliphatic heterocycles. The molecule has 116 valence electrons. The van der Waals surface area contributed by atoms with E-state index in [9.17, 15) is 9.18 Å². The highest BCUT2D eigenvalue weighted by atomic mass is 19.1. The number of carbonyl (C=O) groups is 1. The third-order valence-electron chi connectivity index (χ3n) is 4.49. The van der Waals surface area contributed by atoms with Gasteiger partial charge < -0.3 is 5.32 Å². The fourth-order valence-corrected chi connectivity index (χ4v) is 3.19. The second-order valence-corrected chi connectivity index (χ2v) is 6.17. The molecule has 1 aromatic heterocycles. The maximum Gasteiger partial charge on any atom is 0.253 e. The highest BCUT2D eigenvalue weighted by Gasteiger charge is 2.16. The number of aromatic nitrogens is 1. The smallest absolute Gasteiger partial charge is 0.253 e. The fourth-order valence-electron chi connectivity index (χ4n) is 3.19. The number of halogens is 1. The van der Waals surface area contributed by atoms with Crippen LogP contribution < -0.4 is 5.32 Å². The molecule has 1 N–H and O–H groups in total. The molecule has 3 nitrogen and oxygen atoms in total. The topological polar surface area (TPSA) is 42.0 Å². The van der Waals surface area contributed by atoms with Crippen LogP contribution in [0.3, 0.4) is 0 Å². The Morgan fingerprint density at radius 1 is 1.27 bits per heavy atom. The van der Waals surface area contributed by atoms with Crippen LogP contribution in [0.15, 0.2) is 24.3 Å². The van der Waals surface area contributed by atoms with Crippen molar-refractivity contribution in [3.05, 3.63) is 41.3 Å². The Morgan fingerprint density at radius 3 is 2.82 bits per heavy atom. The van der Waals surface area contributed by atoms with Crippen LogP contribution in [-0.2, 0) is 0 Å². The second kappa shape index (κ2) is 6.42. The maximum absolute atomic E-state index is 13.2. The van der Waals surface area contributed by atoms with E-state index in [0.29, 0.717) is 22.7 Å². The first-order valence-electron chi connectivity index (χ1n) is 7.98. The first-order chi connectivity index (χ1) is 10.6. The van der Waals surface area contributed by atoms with Gasteiger partial charge in [-0.3, -0.25) is 9.78 Å². The van der Waals surface area contributed by atoms with E-state index in [0.717, 1.165) is 11.9 Å². The van der Waals surface area contributed by atoms with Crippen molar-refractivity contribution < 1.29 is 9.18 Å². The summed E-state index contributed by atoms with van der Waals surface area (Å²) in [6.07, 6.45) is 6.25. The molecular weight excluding hydrogens is 279 g/mol. The van der Waals surface area contributed by atoms with E-state index in [4.69, 9.17) is 0 Å². The summed E-state index contributed by atoms with van der Waals surface area (Å²) in [7, 11) is 0. The average Bonchev–Trinajstić information content (AvgIpc) is 2.53. The van der Waals surface area contributed by atoms with Gasteiger partial charge in [0.1, 0.15) is 5.82 Å². The van der Waals surface area contributed by atoms with E-state index in [2.05, 4.69) is 10.3 Å². The second-order valence-electron chi connectivity index (χ2n) is 6.17. The molecular formula is C18H21FN2O. The van der Waals surface area contributed by atoms with Crippen LogP contribution in [0.25, 0.3) is 10.9 Å². The van der Waals surface area contributed by atoms with Crippen molar-refractivity contribution in [2.24, 2.45) is 5.92 Å². The Morgan fingerprint density at radius 2 is 2.05 bits per heavy atom. The van der Waals surface area contributed by atoms with Crippen LogP contribution in [0.2, 0.25) is 0 Å². The minimum absolute atomic E-state index is 0.0817. The molecule has 4 heteroatoms. The van der Waals surface area contributed by atoms with Gasteiger partial charge in [-0.2, -0.15) is 0 Å². The zero-order valence-corrected chi connectivity index (χ0v) is 12.9. The van der Waals surface area contributed by atoms with Crippen LogP contribution in [-0.4, -0.2) is 17.4 Å². The van der Waals surface area contributed by atoms with Gasteiger partial charge in [0.2, 0.25) is 0 Å². The summed E-state index contributed by atoms with van der Waals surface area (Å²) >= 11 is 0. The predicted molar refractivity (Wildman–Crippen MR) is 85.3 cm³/mol. The molecule has 0 saturated heterocycles. The van der Waals surface area contributed by atoms with Crippen LogP contribution in [0.1, 0.15) is 48.2 Å². The first kappa shape index (κ1) is 14.9. The lowest BCUT2D eigenvalue weighted by Crippen LogP contribution is -2.30. The Balaban J connectivity index is 1.75. The summed E-state index contributed by atoms with van der Waals surface area (Å²) in [6, 6.07) is 6.25. The van der Waals surface area contributed by atoms with Gasteiger partial charge in [0.25, 0.3) is 5.91 Å². The van der Waals surface area contributed by atoms with E-state index in [1.165, 1.54) is 44.2 Å². The number of rotatable bonds is 3. The number of nitrogens with one attached hydrogen (secondary N) is 1. The van der Waals surface area contributed by atoms with Gasteiger partial charge >= 0.3 is 0 Å². The molecule has 0 atom stereocenters. The molecule has 1 aromatic carbocycles. The summed E-state index contributed by atoms with van der Waals surface area (Å²) in [4.78, 5) is 16.7. The molecule has 0 spiro atoms. The van der Waals surface area contributed by atoms with Gasteiger partial charge in [-0.15, -0.1) is 0 Å². The van der Waals surface area contributed by atoms with Crippen molar-refractivity contribution >= 4 is 16.8 Å². The largest absolute Gasteiger partial charge is 0.352 e. The zero-order chi connectivity index (χ0) is 15.5. The van der Waals surface area contributed by atoms with Crippen molar-refractivity contribution in [1.82, 2.24) is 10.3 Å². The van der Waals surface area contributed by atoms with Crippen LogP contribution >= 0.6 is 0 Å². The molecule has 1 heterocycles. The number of amides is 1. The number of benzene rings is 1. The quantitative estimate of drug-likeness (QED) is 0.931. The number of pyridine rings is 1. The molecule has 3 rings (SSSR count). The Hall–Kier alpha value is -1.97. The summed E-state index contributed by atoms with van der Waals surface area (Å²) < 4.78 is 13.2. The lowest BCUT2D eigenvalue weighted by molar-refractivity contribution is 0.0942. The molecule has 1 saturated carbocycles. The number of carbonyl (C=O) groups excluding carboxylic acids is 1. The summed E-state index contributed by atoms with van der Waals surface area (Å²) in [5.41, 5.74) is 1.80. The highest BCUT2D eigenvalue weighted by molar-refractivity contribution is 5.98. The lowest BCUT2D eigenvalue weighted by Gasteiger charge is -2.21. The van der Waals surface area contributed by atoms with Gasteiger partial charge in [-0.25, -0.2) is 4.39 Å². The lowest BCUT2D eigenvalue weighted by atomic mass is 9.89. The standard InChI is InChI=1S/C18H21FN2O/c1-12-16(9-14-7-8-15(19)10-17(14)21-12)18(22)20-11-13-5-3-2-4-6-13/h7-10,13H,2-6,11H2,1H3,(H,20,22). The van der Waals surface area contributed by atoms with Gasteiger partial charge in [-0.1, -0.05) is 19.3 Å². The van der Waals surface area contributed by atoms with E-state index in [-0.39, 0.29) is 11.7 Å². The van der Waals surface area contributed by atoms with E-state index >= 15 is 0 Å². The van der Waals surface area contributed by atoms with Crippen molar-refractivity contribution in [3.63, 3.8) is 0 Å². The highest BCUT2D eigenvalue weighted by Crippen LogP contribution is 2.23. The number of nitrogens with zero attached hydrogens (tertiary/aromatic N) is 1. The van der Waals surface area contributed by atoms with Gasteiger partial charge in [0.05, 0.1) is 16.8 Å². The van der Waals surface area contributed by atoms with Crippen LogP contribution in [0, 0.1) is 18.7 Å². The van der Waals surface area contributed by atoms with Gasteiger partial charge in [0, 0.05) is 18.0 Å². The van der Waals surface area contributed by atoms with E-state index < -0.39 is 0 Å². The molecule has 0 bridgehead atoms. The maximum atomic E-state index is 13.2. The van der Waals surface area contributed by atoms with Crippen molar-refractivity contribution in [3.8, 4) is 0 Å². The Labute approximate surface area is 129 Å². The molecule has 1 fully saturated rings. The molecule has 2 aromatic rings.